The van der Waals surface area contributed by atoms with E-state index in [9.17, 15) is 0 Å². The van der Waals surface area contributed by atoms with Gasteiger partial charge >= 0.3 is 0 Å². The molecule has 0 saturated carbocycles. The van der Waals surface area contributed by atoms with Crippen LogP contribution in [-0.2, 0) is 0 Å². The van der Waals surface area contributed by atoms with E-state index in [-0.39, 0.29) is 0 Å². The van der Waals surface area contributed by atoms with Gasteiger partial charge in [0.2, 0.25) is 0 Å². The lowest BCUT2D eigenvalue weighted by atomic mass is 10.2. The van der Waals surface area contributed by atoms with Gasteiger partial charge in [0.15, 0.2) is 0 Å². The first kappa shape index (κ1) is 7.09. The summed E-state index contributed by atoms with van der Waals surface area (Å²) in [5.41, 5.74) is 1.40. The molecule has 0 aromatic rings. The molecule has 0 aliphatic heterocycles. The summed E-state index contributed by atoms with van der Waals surface area (Å²) in [6.45, 7) is 4.24. The fraction of sp³-hybridized carbons (Fsp3) is 0.667. The highest BCUT2D eigenvalue weighted by Gasteiger charge is 1.77. The molecule has 0 amide bonds. The van der Waals surface area contributed by atoms with Gasteiger partial charge in [-0.15, -0.1) is 0 Å². The lowest BCUT2D eigenvalue weighted by molar-refractivity contribution is 1.09. The number of hydrogen-bond donors (Lipinski definition) is 0. The van der Waals surface area contributed by atoms with Crippen molar-refractivity contribution in [3.05, 3.63) is 11.6 Å². The first-order valence-electron chi connectivity index (χ1n) is 2.55. The minimum atomic E-state index is 0.764. The van der Waals surface area contributed by atoms with Gasteiger partial charge in [-0.2, -0.15) is 0 Å². The molecule has 0 saturated heterocycles. The van der Waals surface area contributed by atoms with E-state index in [2.05, 4.69) is 19.9 Å². The van der Waals surface area contributed by atoms with E-state index in [0.717, 1.165) is 12.2 Å². The third kappa shape index (κ3) is 3.93. The third-order valence-electron chi connectivity index (χ3n) is 0.989. The number of hydrogen-bond acceptors (Lipinski definition) is 0. The van der Waals surface area contributed by atoms with Crippen LogP contribution in [0.4, 0.5) is 0 Å². The van der Waals surface area contributed by atoms with Gasteiger partial charge in [0.1, 0.15) is 0 Å². The predicted octanol–water partition coefficient (Wildman–Crippen LogP) is 2.54. The summed E-state index contributed by atoms with van der Waals surface area (Å²) >= 11 is 4.72. The zero-order chi connectivity index (χ0) is 5.70. The van der Waals surface area contributed by atoms with Crippen LogP contribution >= 0.6 is 12.6 Å². The van der Waals surface area contributed by atoms with Gasteiger partial charge in [-0.3, -0.25) is 0 Å². The molecular weight excluding hydrogens is 104 g/mol. The molecule has 0 heterocycles. The second kappa shape index (κ2) is 4.25. The SMILES string of the molecule is CC/C(C)=C/C[S]. The topological polar surface area (TPSA) is 0 Å². The van der Waals surface area contributed by atoms with Crippen LogP contribution in [0.15, 0.2) is 11.6 Å². The van der Waals surface area contributed by atoms with Gasteiger partial charge < -0.3 is 0 Å². The standard InChI is InChI=1S/C6H11S/c1-3-6(2)4-5-7/h4H,3,5H2,1-2H3/b6-4+. The summed E-state index contributed by atoms with van der Waals surface area (Å²) < 4.78 is 0. The van der Waals surface area contributed by atoms with Crippen LogP contribution in [0, 0.1) is 0 Å². The molecule has 0 N–H and O–H groups in total. The van der Waals surface area contributed by atoms with E-state index in [1.165, 1.54) is 5.57 Å². The number of rotatable bonds is 2. The molecule has 0 atom stereocenters. The molecule has 0 unspecified atom stereocenters. The van der Waals surface area contributed by atoms with Crippen LogP contribution in [0.2, 0.25) is 0 Å². The molecule has 0 rings (SSSR count). The first-order valence-corrected chi connectivity index (χ1v) is 3.12. The van der Waals surface area contributed by atoms with Crippen molar-refractivity contribution < 1.29 is 0 Å². The highest BCUT2D eigenvalue weighted by Crippen LogP contribution is 1.96. The Labute approximate surface area is 51.0 Å². The molecule has 0 bridgehead atoms. The average molecular weight is 115 g/mol. The molecule has 1 heteroatoms. The van der Waals surface area contributed by atoms with Crippen molar-refractivity contribution in [3.63, 3.8) is 0 Å². The van der Waals surface area contributed by atoms with E-state index in [1.807, 2.05) is 0 Å². The minimum Gasteiger partial charge on any atom is -0.0897 e. The molecule has 0 nitrogen and oxygen atoms in total. The zero-order valence-corrected chi connectivity index (χ0v) is 5.72. The van der Waals surface area contributed by atoms with Gasteiger partial charge in [-0.1, -0.05) is 31.2 Å². The van der Waals surface area contributed by atoms with Gasteiger partial charge in [-0.25, -0.2) is 0 Å². The Hall–Kier alpha value is 0.0900. The van der Waals surface area contributed by atoms with Crippen molar-refractivity contribution in [1.82, 2.24) is 0 Å². The maximum Gasteiger partial charge on any atom is 0.0220 e. The van der Waals surface area contributed by atoms with E-state index < -0.39 is 0 Å². The molecule has 0 spiro atoms. The lowest BCUT2D eigenvalue weighted by Crippen LogP contribution is -1.70. The fourth-order valence-corrected chi connectivity index (χ4v) is 0.571. The zero-order valence-electron chi connectivity index (χ0n) is 4.90. The molecule has 0 aromatic carbocycles. The van der Waals surface area contributed by atoms with Crippen molar-refractivity contribution in [2.45, 2.75) is 20.3 Å². The first-order chi connectivity index (χ1) is 3.31. The molecule has 0 fully saturated rings. The van der Waals surface area contributed by atoms with Crippen LogP contribution in [0.5, 0.6) is 0 Å². The number of allylic oxidation sites excluding steroid dienone is 1. The Kier molecular flexibility index (Phi) is 4.31. The van der Waals surface area contributed by atoms with Crippen LogP contribution in [0.25, 0.3) is 0 Å². The van der Waals surface area contributed by atoms with Crippen molar-refractivity contribution in [2.24, 2.45) is 0 Å². The second-order valence-corrected chi connectivity index (χ2v) is 1.90. The van der Waals surface area contributed by atoms with Crippen LogP contribution in [0.1, 0.15) is 20.3 Å². The van der Waals surface area contributed by atoms with Gasteiger partial charge in [0.25, 0.3) is 0 Å². The highest BCUT2D eigenvalue weighted by atomic mass is 32.1. The Balaban J connectivity index is 3.29. The van der Waals surface area contributed by atoms with Crippen molar-refractivity contribution >= 4 is 12.6 Å². The second-order valence-electron chi connectivity index (χ2n) is 1.57. The summed E-state index contributed by atoms with van der Waals surface area (Å²) in [5.74, 6) is 0.764. The largest absolute Gasteiger partial charge is 0.0897 e. The van der Waals surface area contributed by atoms with Gasteiger partial charge in [-0.05, 0) is 13.3 Å². The normalized spacial score (nSPS) is 12.1. The summed E-state index contributed by atoms with van der Waals surface area (Å²) in [7, 11) is 0. The fourth-order valence-electron chi connectivity index (χ4n) is 0.287. The Morgan fingerprint density at radius 1 is 1.71 bits per heavy atom. The Morgan fingerprint density at radius 2 is 2.29 bits per heavy atom. The summed E-state index contributed by atoms with van der Waals surface area (Å²) in [5, 5.41) is 0. The lowest BCUT2D eigenvalue weighted by Gasteiger charge is -1.87. The van der Waals surface area contributed by atoms with Crippen LogP contribution < -0.4 is 0 Å². The molecule has 41 valence electrons. The highest BCUT2D eigenvalue weighted by molar-refractivity contribution is 7.80. The molecule has 0 aliphatic carbocycles. The predicted molar refractivity (Wildman–Crippen MR) is 36.5 cm³/mol. The van der Waals surface area contributed by atoms with Crippen molar-refractivity contribution in [1.29, 1.82) is 0 Å². The Morgan fingerprint density at radius 3 is 2.43 bits per heavy atom. The molecule has 0 aliphatic rings. The maximum absolute atomic E-state index is 4.72. The van der Waals surface area contributed by atoms with Crippen molar-refractivity contribution in [3.8, 4) is 0 Å². The van der Waals surface area contributed by atoms with Crippen molar-refractivity contribution in [2.75, 3.05) is 5.75 Å². The average Bonchev–Trinajstić information content (AvgIpc) is 1.68. The molecule has 1 radical (unpaired) electrons. The quantitative estimate of drug-likeness (QED) is 0.485. The molecule has 7 heavy (non-hydrogen) atoms. The van der Waals surface area contributed by atoms with E-state index in [1.54, 1.807) is 0 Å². The van der Waals surface area contributed by atoms with Crippen LogP contribution in [-0.4, -0.2) is 5.75 Å². The van der Waals surface area contributed by atoms with Gasteiger partial charge in [0, 0.05) is 5.75 Å². The van der Waals surface area contributed by atoms with E-state index in [4.69, 9.17) is 12.6 Å². The summed E-state index contributed by atoms with van der Waals surface area (Å²) in [6, 6.07) is 0. The third-order valence-corrected chi connectivity index (χ3v) is 1.16. The molecular formula is C6H11S. The molecule has 0 aromatic heterocycles. The maximum atomic E-state index is 4.72. The van der Waals surface area contributed by atoms with Crippen LogP contribution in [0.3, 0.4) is 0 Å². The van der Waals surface area contributed by atoms with Gasteiger partial charge in [0.05, 0.1) is 0 Å². The monoisotopic (exact) mass is 115 g/mol. The smallest absolute Gasteiger partial charge is 0.0220 e. The van der Waals surface area contributed by atoms with E-state index in [0.29, 0.717) is 0 Å². The van der Waals surface area contributed by atoms with E-state index >= 15 is 0 Å². The minimum absolute atomic E-state index is 0.764. The Bertz CT molecular complexity index is 64.6. The summed E-state index contributed by atoms with van der Waals surface area (Å²) in [6.07, 6.45) is 3.21. The summed E-state index contributed by atoms with van der Waals surface area (Å²) in [4.78, 5) is 0.